The van der Waals surface area contributed by atoms with Gasteiger partial charge in [-0.1, -0.05) is 12.1 Å². The van der Waals surface area contributed by atoms with Crippen LogP contribution in [0.5, 0.6) is 0 Å². The van der Waals surface area contributed by atoms with Gasteiger partial charge in [0.25, 0.3) is 5.91 Å². The molecule has 4 rings (SSSR count). The first-order valence-electron chi connectivity index (χ1n) is 8.43. The van der Waals surface area contributed by atoms with Gasteiger partial charge in [0, 0.05) is 53.7 Å². The Morgan fingerprint density at radius 2 is 2.00 bits per heavy atom. The van der Waals surface area contributed by atoms with Crippen LogP contribution in [0.25, 0.3) is 10.9 Å². The molecule has 27 heavy (non-hydrogen) atoms. The minimum atomic E-state index is -0.391. The molecule has 7 nitrogen and oxygen atoms in total. The van der Waals surface area contributed by atoms with Crippen LogP contribution in [0.3, 0.4) is 0 Å². The smallest absolute Gasteiger partial charge is 0.252 e. The Bertz CT molecular complexity index is 1160. The first-order valence-corrected chi connectivity index (χ1v) is 8.43. The lowest BCUT2D eigenvalue weighted by Gasteiger charge is -2.18. The van der Waals surface area contributed by atoms with Crippen molar-refractivity contribution in [1.82, 2.24) is 25.1 Å². The van der Waals surface area contributed by atoms with E-state index in [2.05, 4.69) is 20.4 Å². The van der Waals surface area contributed by atoms with Crippen molar-refractivity contribution in [2.45, 2.75) is 6.04 Å². The second-order valence-electron chi connectivity index (χ2n) is 6.23. The molecule has 1 aromatic carbocycles. The molecule has 3 aromatic heterocycles. The highest BCUT2D eigenvalue weighted by atomic mass is 16.1. The first kappa shape index (κ1) is 16.7. The summed E-state index contributed by atoms with van der Waals surface area (Å²) in [5.74, 6) is -0.245. The molecule has 0 spiro atoms. The van der Waals surface area contributed by atoms with E-state index in [-0.39, 0.29) is 11.5 Å². The molecule has 0 fully saturated rings. The third kappa shape index (κ3) is 3.35. The highest BCUT2D eigenvalue weighted by Crippen LogP contribution is 2.23. The van der Waals surface area contributed by atoms with Crippen molar-refractivity contribution in [2.24, 2.45) is 7.05 Å². The number of hydrogen-bond acceptors (Lipinski definition) is 4. The predicted molar refractivity (Wildman–Crippen MR) is 101 cm³/mol. The van der Waals surface area contributed by atoms with Gasteiger partial charge in [0.2, 0.25) is 5.56 Å². The number of nitrogens with zero attached hydrogens (tertiary/aromatic N) is 3. The maximum absolute atomic E-state index is 13.1. The molecule has 2 N–H and O–H groups in total. The molecule has 0 saturated carbocycles. The molecular weight excluding hydrogens is 342 g/mol. The van der Waals surface area contributed by atoms with Gasteiger partial charge in [0.05, 0.1) is 12.2 Å². The van der Waals surface area contributed by atoms with Crippen molar-refractivity contribution >= 4 is 16.8 Å². The average molecular weight is 359 g/mol. The average Bonchev–Trinajstić information content (AvgIpc) is 3.12. The number of amides is 1. The second kappa shape index (κ2) is 6.87. The van der Waals surface area contributed by atoms with Crippen molar-refractivity contribution in [1.29, 1.82) is 0 Å². The lowest BCUT2D eigenvalue weighted by Crippen LogP contribution is -2.29. The fourth-order valence-electron chi connectivity index (χ4n) is 3.09. The van der Waals surface area contributed by atoms with E-state index in [1.54, 1.807) is 47.5 Å². The number of aromatic nitrogens is 4. The van der Waals surface area contributed by atoms with E-state index in [0.29, 0.717) is 16.5 Å². The molecule has 0 aliphatic heterocycles. The normalized spacial score (nSPS) is 12.0. The van der Waals surface area contributed by atoms with Crippen molar-refractivity contribution < 1.29 is 4.79 Å². The maximum atomic E-state index is 13.1. The largest absolute Gasteiger partial charge is 0.341 e. The summed E-state index contributed by atoms with van der Waals surface area (Å²) >= 11 is 0. The SMILES string of the molecule is Cn1cc(C(NC(=O)c2cccc3[nH]c(=O)ccc23)c2cccnc2)cn1. The van der Waals surface area contributed by atoms with Gasteiger partial charge in [-0.3, -0.25) is 19.3 Å². The zero-order chi connectivity index (χ0) is 18.8. The molecule has 4 aromatic rings. The van der Waals surface area contributed by atoms with Crippen LogP contribution < -0.4 is 10.9 Å². The molecule has 1 amide bonds. The third-order valence-corrected chi connectivity index (χ3v) is 4.36. The van der Waals surface area contributed by atoms with Gasteiger partial charge in [0.15, 0.2) is 0 Å². The molecule has 3 heterocycles. The van der Waals surface area contributed by atoms with E-state index in [9.17, 15) is 9.59 Å². The minimum Gasteiger partial charge on any atom is -0.341 e. The van der Waals surface area contributed by atoms with E-state index in [1.807, 2.05) is 25.4 Å². The number of aromatic amines is 1. The Morgan fingerprint density at radius 3 is 2.74 bits per heavy atom. The standard InChI is InChI=1S/C20H17N5O2/c1-25-12-14(11-22-25)19(13-4-3-9-21-10-13)24-20(27)16-5-2-6-17-15(16)7-8-18(26)23-17/h2-12,19H,1H3,(H,23,26)(H,24,27). The van der Waals surface area contributed by atoms with Crippen LogP contribution in [-0.2, 0) is 7.05 Å². The summed E-state index contributed by atoms with van der Waals surface area (Å²) in [4.78, 5) is 31.5. The van der Waals surface area contributed by atoms with Crippen molar-refractivity contribution in [3.05, 3.63) is 94.3 Å². The lowest BCUT2D eigenvalue weighted by molar-refractivity contribution is 0.0944. The van der Waals surface area contributed by atoms with Crippen molar-refractivity contribution in [3.63, 3.8) is 0 Å². The quantitative estimate of drug-likeness (QED) is 0.584. The van der Waals surface area contributed by atoms with Gasteiger partial charge in [-0.25, -0.2) is 0 Å². The summed E-state index contributed by atoms with van der Waals surface area (Å²) in [6, 6.07) is 11.7. The molecule has 0 aliphatic rings. The number of H-pyrrole nitrogens is 1. The molecule has 0 saturated heterocycles. The molecule has 0 aliphatic carbocycles. The van der Waals surface area contributed by atoms with Crippen LogP contribution in [0.1, 0.15) is 27.5 Å². The number of carbonyl (C=O) groups excluding carboxylic acids is 1. The Kier molecular flexibility index (Phi) is 4.25. The number of aryl methyl sites for hydroxylation is 1. The summed E-state index contributed by atoms with van der Waals surface area (Å²) in [5.41, 5.74) is 2.61. The Balaban J connectivity index is 1.74. The maximum Gasteiger partial charge on any atom is 0.252 e. The van der Waals surface area contributed by atoms with Gasteiger partial charge in [-0.05, 0) is 29.8 Å². The van der Waals surface area contributed by atoms with Crippen molar-refractivity contribution in [3.8, 4) is 0 Å². The molecular formula is C20H17N5O2. The Morgan fingerprint density at radius 1 is 1.11 bits per heavy atom. The molecule has 134 valence electrons. The molecule has 0 bridgehead atoms. The Labute approximate surface area is 154 Å². The summed E-state index contributed by atoms with van der Waals surface area (Å²) in [6.45, 7) is 0. The molecule has 0 radical (unpaired) electrons. The first-order chi connectivity index (χ1) is 13.1. The predicted octanol–water partition coefficient (Wildman–Crippen LogP) is 2.18. The van der Waals surface area contributed by atoms with Crippen LogP contribution in [0.2, 0.25) is 0 Å². The van der Waals surface area contributed by atoms with E-state index in [1.165, 1.54) is 6.07 Å². The van der Waals surface area contributed by atoms with Crippen LogP contribution in [-0.4, -0.2) is 25.7 Å². The summed E-state index contributed by atoms with van der Waals surface area (Å²) in [6.07, 6.45) is 6.99. The van der Waals surface area contributed by atoms with E-state index < -0.39 is 6.04 Å². The van der Waals surface area contributed by atoms with Crippen LogP contribution in [0.15, 0.2) is 72.0 Å². The highest BCUT2D eigenvalue weighted by molar-refractivity contribution is 6.06. The number of hydrogen-bond donors (Lipinski definition) is 2. The number of nitrogens with one attached hydrogen (secondary N) is 2. The number of fused-ring (bicyclic) bond motifs is 1. The fraction of sp³-hybridized carbons (Fsp3) is 0.100. The van der Waals surface area contributed by atoms with Crippen LogP contribution >= 0.6 is 0 Å². The number of pyridine rings is 2. The van der Waals surface area contributed by atoms with Gasteiger partial charge in [0.1, 0.15) is 0 Å². The van der Waals surface area contributed by atoms with Gasteiger partial charge < -0.3 is 10.3 Å². The second-order valence-corrected chi connectivity index (χ2v) is 6.23. The van der Waals surface area contributed by atoms with Crippen LogP contribution in [0, 0.1) is 0 Å². The zero-order valence-electron chi connectivity index (χ0n) is 14.6. The van der Waals surface area contributed by atoms with Gasteiger partial charge in [-0.15, -0.1) is 0 Å². The Hall–Kier alpha value is -3.74. The zero-order valence-corrected chi connectivity index (χ0v) is 14.6. The van der Waals surface area contributed by atoms with Crippen LogP contribution in [0.4, 0.5) is 0 Å². The van der Waals surface area contributed by atoms with Gasteiger partial charge >= 0.3 is 0 Å². The number of benzene rings is 1. The molecule has 1 atom stereocenters. The van der Waals surface area contributed by atoms with E-state index in [4.69, 9.17) is 0 Å². The minimum absolute atomic E-state index is 0.205. The number of rotatable bonds is 4. The molecule has 7 heteroatoms. The van der Waals surface area contributed by atoms with Gasteiger partial charge in [-0.2, -0.15) is 5.10 Å². The highest BCUT2D eigenvalue weighted by Gasteiger charge is 2.20. The topological polar surface area (TPSA) is 92.7 Å². The summed E-state index contributed by atoms with van der Waals surface area (Å²) < 4.78 is 1.69. The summed E-state index contributed by atoms with van der Waals surface area (Å²) in [5, 5.41) is 7.96. The fourth-order valence-corrected chi connectivity index (χ4v) is 3.09. The number of carbonyl (C=O) groups is 1. The lowest BCUT2D eigenvalue weighted by atomic mass is 10.0. The van der Waals surface area contributed by atoms with E-state index >= 15 is 0 Å². The third-order valence-electron chi connectivity index (χ3n) is 4.36. The molecule has 1 unspecified atom stereocenters. The van der Waals surface area contributed by atoms with Crippen molar-refractivity contribution in [2.75, 3.05) is 0 Å². The monoisotopic (exact) mass is 359 g/mol. The van der Waals surface area contributed by atoms with E-state index in [0.717, 1.165) is 11.1 Å². The summed E-state index contributed by atoms with van der Waals surface area (Å²) in [7, 11) is 1.83.